The molecule has 0 spiro atoms. The summed E-state index contributed by atoms with van der Waals surface area (Å²) < 4.78 is 17.5. The molecule has 1 fully saturated rings. The van der Waals surface area contributed by atoms with Gasteiger partial charge in [0.2, 0.25) is 5.88 Å². The first-order chi connectivity index (χ1) is 13.0. The minimum atomic E-state index is -0.553. The van der Waals surface area contributed by atoms with Gasteiger partial charge in [-0.2, -0.15) is 0 Å². The smallest absolute Gasteiger partial charge is 0.410 e. The first-order valence-electron chi connectivity index (χ1n) is 9.22. The van der Waals surface area contributed by atoms with E-state index in [1.165, 1.54) is 0 Å². The van der Waals surface area contributed by atoms with Crippen LogP contribution in [-0.2, 0) is 9.47 Å². The third-order valence-electron chi connectivity index (χ3n) is 4.07. The predicted octanol–water partition coefficient (Wildman–Crippen LogP) is 4.08. The van der Waals surface area contributed by atoms with Crippen LogP contribution in [0, 0.1) is 0 Å². The van der Waals surface area contributed by atoms with E-state index in [4.69, 9.17) is 25.8 Å². The summed E-state index contributed by atoms with van der Waals surface area (Å²) in [6.07, 6.45) is 1.00. The number of rotatable bonds is 3. The monoisotopic (exact) mass is 407 g/mol. The lowest BCUT2D eigenvalue weighted by Crippen LogP contribution is -2.56. The molecule has 0 N–H and O–H groups in total. The molecule has 3 rings (SSSR count). The summed E-state index contributed by atoms with van der Waals surface area (Å²) in [5.74, 6) is 0.395. The van der Waals surface area contributed by atoms with Gasteiger partial charge in [-0.25, -0.2) is 9.78 Å². The van der Waals surface area contributed by atoms with E-state index in [1.807, 2.05) is 46.8 Å². The number of hydrogen-bond acceptors (Lipinski definition) is 6. The van der Waals surface area contributed by atoms with E-state index in [9.17, 15) is 4.79 Å². The summed E-state index contributed by atoms with van der Waals surface area (Å²) in [7, 11) is 0. The van der Waals surface area contributed by atoms with E-state index in [2.05, 4.69) is 9.97 Å². The molecule has 3 heterocycles. The standard InChI is InChI=1S/C20H26ClN3O4/c1-19(2,3)28-18(25)24-10-13(27-20(4,5)12-24)11-26-17-14-7-6-8-22-15(14)9-16(21)23-17/h6-9,13H,10-12H2,1-5H3/t13-/m1/s1. The molecular formula is C20H26ClN3O4. The van der Waals surface area contributed by atoms with Gasteiger partial charge in [0, 0.05) is 12.3 Å². The molecular weight excluding hydrogens is 382 g/mol. The van der Waals surface area contributed by atoms with E-state index < -0.39 is 11.2 Å². The zero-order valence-electron chi connectivity index (χ0n) is 16.9. The van der Waals surface area contributed by atoms with Crippen molar-refractivity contribution >= 4 is 28.6 Å². The van der Waals surface area contributed by atoms with Crippen molar-refractivity contribution in [3.05, 3.63) is 29.5 Å². The number of fused-ring (bicyclic) bond motifs is 1. The Morgan fingerprint density at radius 3 is 2.89 bits per heavy atom. The van der Waals surface area contributed by atoms with Crippen molar-refractivity contribution in [2.24, 2.45) is 0 Å². The summed E-state index contributed by atoms with van der Waals surface area (Å²) in [6, 6.07) is 5.38. The Hall–Kier alpha value is -2.12. The molecule has 1 saturated heterocycles. The Kier molecular flexibility index (Phi) is 5.68. The van der Waals surface area contributed by atoms with Gasteiger partial charge in [0.1, 0.15) is 23.5 Å². The summed E-state index contributed by atoms with van der Waals surface area (Å²) >= 11 is 6.09. The van der Waals surface area contributed by atoms with Gasteiger partial charge in [0.15, 0.2) is 0 Å². The molecule has 0 bridgehead atoms. The van der Waals surface area contributed by atoms with Crippen LogP contribution < -0.4 is 4.74 Å². The van der Waals surface area contributed by atoms with E-state index in [1.54, 1.807) is 17.2 Å². The van der Waals surface area contributed by atoms with Crippen LogP contribution >= 0.6 is 11.6 Å². The molecule has 2 aromatic heterocycles. The predicted molar refractivity (Wildman–Crippen MR) is 107 cm³/mol. The maximum Gasteiger partial charge on any atom is 0.410 e. The highest BCUT2D eigenvalue weighted by Crippen LogP contribution is 2.27. The zero-order chi connectivity index (χ0) is 20.5. The number of carbonyl (C=O) groups excluding carboxylic acids is 1. The van der Waals surface area contributed by atoms with Gasteiger partial charge >= 0.3 is 6.09 Å². The molecule has 1 aliphatic rings. The molecule has 1 atom stereocenters. The summed E-state index contributed by atoms with van der Waals surface area (Å²) in [5.41, 5.74) is -0.366. The molecule has 0 aliphatic carbocycles. The maximum atomic E-state index is 12.5. The van der Waals surface area contributed by atoms with Crippen molar-refractivity contribution in [2.75, 3.05) is 19.7 Å². The number of morpholine rings is 1. The minimum absolute atomic E-state index is 0.222. The molecule has 0 saturated carbocycles. The Balaban J connectivity index is 1.72. The first-order valence-corrected chi connectivity index (χ1v) is 9.60. The number of pyridine rings is 2. The highest BCUT2D eigenvalue weighted by atomic mass is 35.5. The van der Waals surface area contributed by atoms with Crippen LogP contribution in [0.4, 0.5) is 4.79 Å². The van der Waals surface area contributed by atoms with Crippen molar-refractivity contribution in [1.29, 1.82) is 0 Å². The molecule has 0 unspecified atom stereocenters. The Bertz CT molecular complexity index is 866. The van der Waals surface area contributed by atoms with Gasteiger partial charge in [-0.15, -0.1) is 0 Å². The lowest BCUT2D eigenvalue weighted by atomic mass is 10.1. The van der Waals surface area contributed by atoms with E-state index in [0.29, 0.717) is 29.6 Å². The molecule has 1 aliphatic heterocycles. The van der Waals surface area contributed by atoms with Gasteiger partial charge in [-0.3, -0.25) is 4.98 Å². The van der Waals surface area contributed by atoms with Gasteiger partial charge in [-0.05, 0) is 46.8 Å². The minimum Gasteiger partial charge on any atom is -0.474 e. The highest BCUT2D eigenvalue weighted by molar-refractivity contribution is 6.30. The molecule has 1 amide bonds. The highest BCUT2D eigenvalue weighted by Gasteiger charge is 2.37. The molecule has 2 aromatic rings. The third kappa shape index (κ3) is 5.23. The number of amides is 1. The summed E-state index contributed by atoms with van der Waals surface area (Å²) in [6.45, 7) is 10.5. The van der Waals surface area contributed by atoms with Gasteiger partial charge in [-0.1, -0.05) is 11.6 Å². The van der Waals surface area contributed by atoms with Crippen molar-refractivity contribution in [3.63, 3.8) is 0 Å². The molecule has 8 heteroatoms. The average molecular weight is 408 g/mol. The number of carbonyl (C=O) groups is 1. The number of nitrogens with zero attached hydrogens (tertiary/aromatic N) is 3. The fourth-order valence-corrected chi connectivity index (χ4v) is 3.33. The molecule has 7 nitrogen and oxygen atoms in total. The van der Waals surface area contributed by atoms with E-state index >= 15 is 0 Å². The number of aromatic nitrogens is 2. The van der Waals surface area contributed by atoms with Crippen LogP contribution in [0.5, 0.6) is 5.88 Å². The average Bonchev–Trinajstić information content (AvgIpc) is 2.56. The Morgan fingerprint density at radius 1 is 1.43 bits per heavy atom. The van der Waals surface area contributed by atoms with E-state index in [0.717, 1.165) is 5.39 Å². The van der Waals surface area contributed by atoms with Crippen molar-refractivity contribution < 1.29 is 19.0 Å². The lowest BCUT2D eigenvalue weighted by molar-refractivity contribution is -0.143. The van der Waals surface area contributed by atoms with Gasteiger partial charge in [0.05, 0.1) is 29.6 Å². The second-order valence-electron chi connectivity index (χ2n) is 8.49. The largest absolute Gasteiger partial charge is 0.474 e. The van der Waals surface area contributed by atoms with Crippen LogP contribution in [0.25, 0.3) is 10.9 Å². The fraction of sp³-hybridized carbons (Fsp3) is 0.550. The van der Waals surface area contributed by atoms with Gasteiger partial charge in [0.25, 0.3) is 0 Å². The molecule has 28 heavy (non-hydrogen) atoms. The quantitative estimate of drug-likeness (QED) is 0.714. The van der Waals surface area contributed by atoms with Crippen LogP contribution in [0.15, 0.2) is 24.4 Å². The SMILES string of the molecule is CC(C)(C)OC(=O)N1C[C@H](COc2nc(Cl)cc3ncccc23)OC(C)(C)C1. The molecule has 0 radical (unpaired) electrons. The second-order valence-corrected chi connectivity index (χ2v) is 8.88. The van der Waals surface area contributed by atoms with Crippen LogP contribution in [-0.4, -0.2) is 58.0 Å². The van der Waals surface area contributed by atoms with E-state index in [-0.39, 0.29) is 18.8 Å². The fourth-order valence-electron chi connectivity index (χ4n) is 3.15. The topological polar surface area (TPSA) is 73.8 Å². The van der Waals surface area contributed by atoms with Crippen LogP contribution in [0.2, 0.25) is 5.15 Å². The second kappa shape index (κ2) is 7.72. The maximum absolute atomic E-state index is 12.5. The number of halogens is 1. The first kappa shape index (κ1) is 20.6. The van der Waals surface area contributed by atoms with Gasteiger partial charge < -0.3 is 19.1 Å². The van der Waals surface area contributed by atoms with Crippen LogP contribution in [0.1, 0.15) is 34.6 Å². The summed E-state index contributed by atoms with van der Waals surface area (Å²) in [5, 5.41) is 1.08. The third-order valence-corrected chi connectivity index (χ3v) is 4.27. The molecule has 0 aromatic carbocycles. The Labute approximate surface area is 169 Å². The van der Waals surface area contributed by atoms with Crippen molar-refractivity contribution in [2.45, 2.75) is 51.9 Å². The van der Waals surface area contributed by atoms with Crippen molar-refractivity contribution in [1.82, 2.24) is 14.9 Å². The summed E-state index contributed by atoms with van der Waals surface area (Å²) in [4.78, 5) is 22.7. The van der Waals surface area contributed by atoms with Crippen molar-refractivity contribution in [3.8, 4) is 5.88 Å². The molecule has 152 valence electrons. The Morgan fingerprint density at radius 2 is 2.18 bits per heavy atom. The number of ether oxygens (including phenoxy) is 3. The lowest BCUT2D eigenvalue weighted by Gasteiger charge is -2.42. The number of hydrogen-bond donors (Lipinski definition) is 0. The normalized spacial score (nSPS) is 19.5. The zero-order valence-corrected chi connectivity index (χ0v) is 17.6. The van der Waals surface area contributed by atoms with Crippen LogP contribution in [0.3, 0.4) is 0 Å².